The second kappa shape index (κ2) is 7.54. The lowest BCUT2D eigenvalue weighted by Crippen LogP contribution is -2.13. The van der Waals surface area contributed by atoms with E-state index in [1.54, 1.807) is 6.20 Å². The van der Waals surface area contributed by atoms with Crippen molar-refractivity contribution in [2.75, 3.05) is 0 Å². The summed E-state index contributed by atoms with van der Waals surface area (Å²) in [5, 5.41) is 4.67. The normalized spacial score (nSPS) is 12.6. The van der Waals surface area contributed by atoms with Gasteiger partial charge in [-0.05, 0) is 43.5 Å². The van der Waals surface area contributed by atoms with Crippen LogP contribution in [0, 0.1) is 13.8 Å². The van der Waals surface area contributed by atoms with Crippen LogP contribution >= 0.6 is 0 Å². The van der Waals surface area contributed by atoms with Gasteiger partial charge in [-0.25, -0.2) is 4.98 Å². The quantitative estimate of drug-likeness (QED) is 0.420. The lowest BCUT2D eigenvalue weighted by Gasteiger charge is -2.17. The van der Waals surface area contributed by atoms with E-state index >= 15 is 0 Å². The Balaban J connectivity index is 1.76. The van der Waals surface area contributed by atoms with Crippen LogP contribution in [-0.2, 0) is 0 Å². The topological polar surface area (TPSA) is 76.2 Å². The minimum absolute atomic E-state index is 0.130. The van der Waals surface area contributed by atoms with Crippen LogP contribution in [0.25, 0.3) is 27.7 Å². The molecule has 0 amide bonds. The van der Waals surface area contributed by atoms with Crippen molar-refractivity contribution in [3.8, 4) is 11.1 Å². The van der Waals surface area contributed by atoms with E-state index in [1.165, 1.54) is 5.56 Å². The van der Waals surface area contributed by atoms with Crippen molar-refractivity contribution in [3.05, 3.63) is 87.9 Å². The number of aromatic nitrogens is 4. The molecule has 6 heteroatoms. The van der Waals surface area contributed by atoms with Crippen molar-refractivity contribution >= 4 is 16.6 Å². The molecular formula is C25H24N4O2. The van der Waals surface area contributed by atoms with Gasteiger partial charge in [-0.3, -0.25) is 9.20 Å². The fourth-order valence-corrected chi connectivity index (χ4v) is 4.52. The van der Waals surface area contributed by atoms with E-state index in [0.29, 0.717) is 11.0 Å². The van der Waals surface area contributed by atoms with Gasteiger partial charge in [-0.15, -0.1) is 0 Å². The molecule has 0 spiro atoms. The van der Waals surface area contributed by atoms with Crippen LogP contribution in [0.1, 0.15) is 48.5 Å². The number of aryl methyl sites for hydroxylation is 2. The first kappa shape index (κ1) is 19.3. The van der Waals surface area contributed by atoms with Gasteiger partial charge in [0, 0.05) is 11.5 Å². The van der Waals surface area contributed by atoms with Crippen molar-refractivity contribution in [1.82, 2.24) is 19.5 Å². The van der Waals surface area contributed by atoms with Crippen LogP contribution in [0.4, 0.5) is 0 Å². The van der Waals surface area contributed by atoms with Crippen LogP contribution < -0.4 is 5.56 Å². The number of fused-ring (bicyclic) bond motifs is 3. The minimum atomic E-state index is -0.130. The van der Waals surface area contributed by atoms with E-state index in [4.69, 9.17) is 9.51 Å². The summed E-state index contributed by atoms with van der Waals surface area (Å²) in [5.74, 6) is 1.82. The predicted molar refractivity (Wildman–Crippen MR) is 121 cm³/mol. The maximum atomic E-state index is 12.9. The van der Waals surface area contributed by atoms with E-state index in [2.05, 4.69) is 45.7 Å². The lowest BCUT2D eigenvalue weighted by atomic mass is 9.93. The third-order valence-electron chi connectivity index (χ3n) is 5.93. The molecule has 5 rings (SSSR count). The Kier molecular flexibility index (Phi) is 4.70. The monoisotopic (exact) mass is 412 g/mol. The van der Waals surface area contributed by atoms with Crippen LogP contribution in [0.2, 0.25) is 0 Å². The van der Waals surface area contributed by atoms with Crippen molar-refractivity contribution in [3.63, 3.8) is 0 Å². The summed E-state index contributed by atoms with van der Waals surface area (Å²) < 4.78 is 7.41. The Morgan fingerprint density at radius 1 is 1.13 bits per heavy atom. The predicted octanol–water partition coefficient (Wildman–Crippen LogP) is 5.38. The van der Waals surface area contributed by atoms with Crippen molar-refractivity contribution in [2.45, 2.75) is 39.5 Å². The smallest absolute Gasteiger partial charge is 0.258 e. The number of benzene rings is 2. The fourth-order valence-electron chi connectivity index (χ4n) is 4.52. The van der Waals surface area contributed by atoms with E-state index in [-0.39, 0.29) is 11.5 Å². The number of aromatic amines is 1. The SMILES string of the molecule is CCCC(c1ccccc1)c1ncc2[nH]c(=O)c3cc(-c4c(C)noc4C)ccc3n12. The largest absolute Gasteiger partial charge is 0.361 e. The molecule has 1 unspecified atom stereocenters. The number of rotatable bonds is 5. The van der Waals surface area contributed by atoms with Gasteiger partial charge in [-0.1, -0.05) is 54.9 Å². The Morgan fingerprint density at radius 2 is 1.94 bits per heavy atom. The van der Waals surface area contributed by atoms with E-state index in [1.807, 2.05) is 38.1 Å². The average Bonchev–Trinajstić information content (AvgIpc) is 3.35. The number of nitrogens with zero attached hydrogens (tertiary/aromatic N) is 3. The van der Waals surface area contributed by atoms with Gasteiger partial charge < -0.3 is 9.51 Å². The van der Waals surface area contributed by atoms with E-state index in [0.717, 1.165) is 46.8 Å². The third-order valence-corrected chi connectivity index (χ3v) is 5.93. The molecule has 3 aromatic heterocycles. The van der Waals surface area contributed by atoms with Crippen LogP contribution in [0.3, 0.4) is 0 Å². The number of imidazole rings is 1. The van der Waals surface area contributed by atoms with Gasteiger partial charge in [-0.2, -0.15) is 0 Å². The summed E-state index contributed by atoms with van der Waals surface area (Å²) >= 11 is 0. The molecule has 3 heterocycles. The average molecular weight is 412 g/mol. The zero-order chi connectivity index (χ0) is 21.5. The molecule has 0 bridgehead atoms. The summed E-state index contributed by atoms with van der Waals surface area (Å²) in [5.41, 5.74) is 5.31. The molecule has 0 radical (unpaired) electrons. The zero-order valence-corrected chi connectivity index (χ0v) is 17.8. The van der Waals surface area contributed by atoms with Crippen molar-refractivity contribution in [2.24, 2.45) is 0 Å². The summed E-state index contributed by atoms with van der Waals surface area (Å²) in [4.78, 5) is 20.7. The summed E-state index contributed by atoms with van der Waals surface area (Å²) in [6.07, 6.45) is 3.76. The number of nitrogens with one attached hydrogen (secondary N) is 1. The van der Waals surface area contributed by atoms with Crippen LogP contribution in [0.15, 0.2) is 64.0 Å². The standard InChI is InChI=1S/C25H24N4O2/c1-4-8-19(17-9-6-5-7-10-17)24-26-14-22-27-25(30)20-13-18(11-12-21(20)29(22)24)23-15(2)28-31-16(23)3/h5-7,9-14,19H,4,8H2,1-3H3,(H,27,30). The summed E-state index contributed by atoms with van der Waals surface area (Å²) in [6, 6.07) is 16.4. The molecule has 0 saturated heterocycles. The van der Waals surface area contributed by atoms with Gasteiger partial charge in [0.2, 0.25) is 0 Å². The molecule has 6 nitrogen and oxygen atoms in total. The first-order valence-corrected chi connectivity index (χ1v) is 10.6. The van der Waals surface area contributed by atoms with Crippen molar-refractivity contribution in [1.29, 1.82) is 0 Å². The Hall–Kier alpha value is -3.67. The lowest BCUT2D eigenvalue weighted by molar-refractivity contribution is 0.393. The first-order valence-electron chi connectivity index (χ1n) is 10.6. The van der Waals surface area contributed by atoms with Gasteiger partial charge in [0.05, 0.1) is 22.8 Å². The van der Waals surface area contributed by atoms with E-state index in [9.17, 15) is 4.79 Å². The number of hydrogen-bond donors (Lipinski definition) is 1. The highest BCUT2D eigenvalue weighted by atomic mass is 16.5. The maximum Gasteiger partial charge on any atom is 0.258 e. The molecule has 1 atom stereocenters. The van der Waals surface area contributed by atoms with Crippen LogP contribution in [-0.4, -0.2) is 19.5 Å². The van der Waals surface area contributed by atoms with Crippen molar-refractivity contribution < 1.29 is 4.52 Å². The number of hydrogen-bond acceptors (Lipinski definition) is 4. The molecule has 0 aliphatic rings. The molecule has 1 N–H and O–H groups in total. The number of H-pyrrole nitrogens is 1. The second-order valence-electron chi connectivity index (χ2n) is 7.97. The van der Waals surface area contributed by atoms with Gasteiger partial charge in [0.15, 0.2) is 0 Å². The molecule has 0 saturated carbocycles. The molecule has 5 aromatic rings. The van der Waals surface area contributed by atoms with Crippen LogP contribution in [0.5, 0.6) is 0 Å². The minimum Gasteiger partial charge on any atom is -0.361 e. The Labute approximate surface area is 179 Å². The second-order valence-corrected chi connectivity index (χ2v) is 7.97. The third kappa shape index (κ3) is 3.15. The Bertz CT molecular complexity index is 1420. The highest BCUT2D eigenvalue weighted by Crippen LogP contribution is 2.32. The molecule has 31 heavy (non-hydrogen) atoms. The molecule has 0 fully saturated rings. The maximum absolute atomic E-state index is 12.9. The molecular weight excluding hydrogens is 388 g/mol. The molecule has 156 valence electrons. The highest BCUT2D eigenvalue weighted by Gasteiger charge is 2.21. The molecule has 0 aliphatic carbocycles. The summed E-state index contributed by atoms with van der Waals surface area (Å²) in [7, 11) is 0. The highest BCUT2D eigenvalue weighted by molar-refractivity contribution is 5.86. The Morgan fingerprint density at radius 3 is 2.65 bits per heavy atom. The van der Waals surface area contributed by atoms with Gasteiger partial charge in [0.1, 0.15) is 17.2 Å². The van der Waals surface area contributed by atoms with Gasteiger partial charge in [0.25, 0.3) is 5.56 Å². The molecule has 0 aliphatic heterocycles. The fraction of sp³-hybridized carbons (Fsp3) is 0.240. The zero-order valence-electron chi connectivity index (χ0n) is 17.8. The summed E-state index contributed by atoms with van der Waals surface area (Å²) in [6.45, 7) is 5.98. The van der Waals surface area contributed by atoms with E-state index < -0.39 is 0 Å². The first-order chi connectivity index (χ1) is 15.1. The molecule has 2 aromatic carbocycles. The van der Waals surface area contributed by atoms with Gasteiger partial charge >= 0.3 is 0 Å².